The molecule has 2 unspecified atom stereocenters. The first-order chi connectivity index (χ1) is 13.6. The number of anilines is 1. The topological polar surface area (TPSA) is 78.4 Å². The summed E-state index contributed by atoms with van der Waals surface area (Å²) in [6, 6.07) is 0.161. The Kier molecular flexibility index (Phi) is 4.57. The molecule has 6 nitrogen and oxygen atoms in total. The third-order valence-electron chi connectivity index (χ3n) is 7.84. The average Bonchev–Trinajstić information content (AvgIpc) is 2.71. The summed E-state index contributed by atoms with van der Waals surface area (Å²) in [7, 11) is 0. The Bertz CT molecular complexity index is 721. The van der Waals surface area contributed by atoms with Crippen molar-refractivity contribution >= 4 is 11.9 Å². The highest BCUT2D eigenvalue weighted by Gasteiger charge is 2.58. The molecule has 1 aliphatic heterocycles. The van der Waals surface area contributed by atoms with Gasteiger partial charge in [-0.05, 0) is 74.7 Å². The van der Waals surface area contributed by atoms with Crippen LogP contribution in [-0.4, -0.2) is 46.2 Å². The first-order valence-electron chi connectivity index (χ1n) is 11.1. The molecule has 2 N–H and O–H groups in total. The van der Waals surface area contributed by atoms with E-state index in [2.05, 4.69) is 27.1 Å². The third-order valence-corrected chi connectivity index (χ3v) is 7.84. The zero-order valence-corrected chi connectivity index (χ0v) is 16.8. The molecule has 4 aliphatic carbocycles. The van der Waals surface area contributed by atoms with Crippen molar-refractivity contribution in [1.82, 2.24) is 15.3 Å². The van der Waals surface area contributed by atoms with Gasteiger partial charge in [0.05, 0.1) is 11.5 Å². The van der Waals surface area contributed by atoms with E-state index in [0.29, 0.717) is 17.8 Å². The van der Waals surface area contributed by atoms with Crippen molar-refractivity contribution in [3.63, 3.8) is 0 Å². The summed E-state index contributed by atoms with van der Waals surface area (Å²) in [5.41, 5.74) is 0.923. The summed E-state index contributed by atoms with van der Waals surface area (Å²) < 4.78 is 0. The van der Waals surface area contributed by atoms with Gasteiger partial charge in [0.15, 0.2) is 0 Å². The fourth-order valence-corrected chi connectivity index (χ4v) is 6.58. The number of hydrogen-bond acceptors (Lipinski definition) is 5. The van der Waals surface area contributed by atoms with Crippen molar-refractivity contribution in [3.05, 3.63) is 18.0 Å². The predicted molar refractivity (Wildman–Crippen MR) is 107 cm³/mol. The normalized spacial score (nSPS) is 39.2. The van der Waals surface area contributed by atoms with Crippen molar-refractivity contribution < 1.29 is 9.90 Å². The summed E-state index contributed by atoms with van der Waals surface area (Å²) in [6.45, 7) is 3.84. The Hall–Kier alpha value is -1.69. The Balaban J connectivity index is 1.25. The highest BCUT2D eigenvalue weighted by atomic mass is 16.3. The number of amides is 1. The Morgan fingerprint density at radius 1 is 1.25 bits per heavy atom. The standard InChI is InChI=1S/C22H32N4O2/c1-2-14-11-23-21(24-12-14)26-5-3-4-18(13-26)25-20(28)22-8-15-6-16(9-22)19(27)17(7-15)10-22/h11-12,15-19,27H,2-10,13H2,1H3,(H,25,28)/t15?,16?,17?,18-,19?,22?/m0/s1. The van der Waals surface area contributed by atoms with Crippen LogP contribution in [0.1, 0.15) is 57.4 Å². The summed E-state index contributed by atoms with van der Waals surface area (Å²) in [4.78, 5) is 24.6. The number of rotatable bonds is 4. The molecule has 0 aromatic carbocycles. The molecule has 5 fully saturated rings. The fraction of sp³-hybridized carbons (Fsp3) is 0.773. The van der Waals surface area contributed by atoms with Gasteiger partial charge < -0.3 is 15.3 Å². The lowest BCUT2D eigenvalue weighted by molar-refractivity contribution is -0.163. The highest BCUT2D eigenvalue weighted by molar-refractivity contribution is 5.83. The van der Waals surface area contributed by atoms with Crippen LogP contribution in [0.3, 0.4) is 0 Å². The number of aliphatic hydroxyl groups is 1. The molecule has 6 rings (SSSR count). The molecule has 4 saturated carbocycles. The molecule has 28 heavy (non-hydrogen) atoms. The van der Waals surface area contributed by atoms with Gasteiger partial charge >= 0.3 is 0 Å². The van der Waals surface area contributed by atoms with Gasteiger partial charge in [0.25, 0.3) is 0 Å². The first kappa shape index (κ1) is 18.3. The second-order valence-corrected chi connectivity index (χ2v) is 9.74. The van der Waals surface area contributed by atoms with Crippen LogP contribution in [0.15, 0.2) is 12.4 Å². The lowest BCUT2D eigenvalue weighted by Gasteiger charge is -2.58. The zero-order valence-electron chi connectivity index (χ0n) is 16.8. The lowest BCUT2D eigenvalue weighted by atomic mass is 9.48. The molecule has 4 bridgehead atoms. The maximum Gasteiger partial charge on any atom is 0.226 e. The molecular weight excluding hydrogens is 352 g/mol. The van der Waals surface area contributed by atoms with E-state index < -0.39 is 0 Å². The van der Waals surface area contributed by atoms with Crippen LogP contribution in [0.25, 0.3) is 0 Å². The van der Waals surface area contributed by atoms with Crippen LogP contribution in [0.2, 0.25) is 0 Å². The quantitative estimate of drug-likeness (QED) is 0.833. The van der Waals surface area contributed by atoms with Crippen molar-refractivity contribution in [2.24, 2.45) is 23.2 Å². The van der Waals surface area contributed by atoms with Crippen LogP contribution in [0.4, 0.5) is 5.95 Å². The van der Waals surface area contributed by atoms with Gasteiger partial charge in [-0.1, -0.05) is 6.92 Å². The van der Waals surface area contributed by atoms with Crippen molar-refractivity contribution in [3.8, 4) is 0 Å². The van der Waals surface area contributed by atoms with Crippen LogP contribution in [-0.2, 0) is 11.2 Å². The second kappa shape index (κ2) is 6.97. The van der Waals surface area contributed by atoms with Gasteiger partial charge in [0, 0.05) is 31.5 Å². The van der Waals surface area contributed by atoms with E-state index in [9.17, 15) is 9.90 Å². The van der Waals surface area contributed by atoms with Crippen molar-refractivity contribution in [2.75, 3.05) is 18.0 Å². The van der Waals surface area contributed by atoms with E-state index in [-0.39, 0.29) is 23.5 Å². The minimum atomic E-state index is -0.225. The van der Waals surface area contributed by atoms with Gasteiger partial charge in [-0.25, -0.2) is 9.97 Å². The molecule has 3 atom stereocenters. The van der Waals surface area contributed by atoms with E-state index >= 15 is 0 Å². The van der Waals surface area contributed by atoms with Gasteiger partial charge in [-0.3, -0.25) is 4.79 Å². The summed E-state index contributed by atoms with van der Waals surface area (Å²) in [5, 5.41) is 13.9. The number of aryl methyl sites for hydroxylation is 1. The maximum atomic E-state index is 13.4. The molecule has 6 heteroatoms. The predicted octanol–water partition coefficient (Wildman–Crippen LogP) is 2.31. The molecule has 1 saturated heterocycles. The monoisotopic (exact) mass is 384 g/mol. The highest BCUT2D eigenvalue weighted by Crippen LogP contribution is 2.60. The molecule has 1 aromatic rings. The smallest absolute Gasteiger partial charge is 0.226 e. The molecule has 0 radical (unpaired) electrons. The number of nitrogens with one attached hydrogen (secondary N) is 1. The Labute approximate surface area is 167 Å². The minimum Gasteiger partial charge on any atom is -0.393 e. The van der Waals surface area contributed by atoms with Crippen molar-refractivity contribution in [2.45, 2.75) is 70.4 Å². The van der Waals surface area contributed by atoms with Crippen LogP contribution >= 0.6 is 0 Å². The number of piperidine rings is 1. The Morgan fingerprint density at radius 2 is 1.96 bits per heavy atom. The molecule has 2 heterocycles. The number of nitrogens with zero attached hydrogens (tertiary/aromatic N) is 3. The van der Waals surface area contributed by atoms with Gasteiger partial charge in [-0.2, -0.15) is 0 Å². The van der Waals surface area contributed by atoms with E-state index in [1.807, 2.05) is 12.4 Å². The van der Waals surface area contributed by atoms with E-state index in [1.54, 1.807) is 0 Å². The number of carbonyl (C=O) groups is 1. The molecular formula is C22H32N4O2. The van der Waals surface area contributed by atoms with Gasteiger partial charge in [0.2, 0.25) is 11.9 Å². The second-order valence-electron chi connectivity index (χ2n) is 9.74. The summed E-state index contributed by atoms with van der Waals surface area (Å²) in [6.07, 6.45) is 11.7. The van der Waals surface area contributed by atoms with E-state index in [0.717, 1.165) is 76.0 Å². The molecule has 0 spiro atoms. The molecule has 5 aliphatic rings. The zero-order chi connectivity index (χ0) is 19.3. The lowest BCUT2D eigenvalue weighted by Crippen LogP contribution is -2.60. The average molecular weight is 385 g/mol. The summed E-state index contributed by atoms with van der Waals surface area (Å²) in [5.74, 6) is 2.33. The number of aromatic nitrogens is 2. The van der Waals surface area contributed by atoms with E-state index in [1.165, 1.54) is 0 Å². The van der Waals surface area contributed by atoms with Crippen LogP contribution in [0, 0.1) is 23.2 Å². The number of aliphatic hydroxyl groups excluding tert-OH is 1. The minimum absolute atomic E-state index is 0.161. The van der Waals surface area contributed by atoms with Gasteiger partial charge in [0.1, 0.15) is 0 Å². The fourth-order valence-electron chi connectivity index (χ4n) is 6.58. The van der Waals surface area contributed by atoms with Crippen LogP contribution in [0.5, 0.6) is 0 Å². The van der Waals surface area contributed by atoms with Gasteiger partial charge in [-0.15, -0.1) is 0 Å². The number of hydrogen-bond donors (Lipinski definition) is 2. The maximum absolute atomic E-state index is 13.4. The van der Waals surface area contributed by atoms with E-state index in [4.69, 9.17) is 0 Å². The van der Waals surface area contributed by atoms with Crippen LogP contribution < -0.4 is 10.2 Å². The molecule has 1 aromatic heterocycles. The third kappa shape index (κ3) is 3.10. The SMILES string of the molecule is CCc1cnc(N2CCC[C@H](NC(=O)C34CC5CC(C3)C(O)C(C5)C4)C2)nc1. The van der Waals surface area contributed by atoms with Crippen molar-refractivity contribution in [1.29, 1.82) is 0 Å². The molecule has 152 valence electrons. The molecule has 1 amide bonds. The number of carbonyl (C=O) groups excluding carboxylic acids is 1. The first-order valence-corrected chi connectivity index (χ1v) is 11.1. The Morgan fingerprint density at radius 3 is 2.64 bits per heavy atom. The largest absolute Gasteiger partial charge is 0.393 e. The summed E-state index contributed by atoms with van der Waals surface area (Å²) >= 11 is 0.